The van der Waals surface area contributed by atoms with Crippen molar-refractivity contribution in [2.45, 2.75) is 37.5 Å². The second-order valence-electron chi connectivity index (χ2n) is 8.93. The van der Waals surface area contributed by atoms with Crippen LogP contribution in [0.5, 0.6) is 0 Å². The van der Waals surface area contributed by atoms with Gasteiger partial charge in [-0.25, -0.2) is 0 Å². The molecule has 0 radical (unpaired) electrons. The van der Waals surface area contributed by atoms with Gasteiger partial charge in [0.15, 0.2) is 0 Å². The lowest BCUT2D eigenvalue weighted by molar-refractivity contribution is -0.125. The fourth-order valence-electron chi connectivity index (χ4n) is 5.55. The maximum absolute atomic E-state index is 13.2. The largest absolute Gasteiger partial charge is 0.337 e. The SMILES string of the molecule is CC1NC(=O)C2(CCN(C(c3ccccc3)c3c(Cl)c(=O)[nH]n3C)CC2)N1c1ccccc1. The summed E-state index contributed by atoms with van der Waals surface area (Å²) < 4.78 is 1.72. The molecule has 7 nitrogen and oxygen atoms in total. The van der Waals surface area contributed by atoms with Crippen LogP contribution in [0.4, 0.5) is 5.69 Å². The number of aromatic amines is 1. The first-order valence-electron chi connectivity index (χ1n) is 11.3. The minimum atomic E-state index is -0.591. The molecule has 3 heterocycles. The fraction of sp³-hybridized carbons (Fsp3) is 0.360. The summed E-state index contributed by atoms with van der Waals surface area (Å²) in [7, 11) is 1.81. The number of anilines is 1. The zero-order chi connectivity index (χ0) is 23.2. The number of piperidine rings is 1. The number of benzene rings is 2. The molecule has 5 rings (SSSR count). The van der Waals surface area contributed by atoms with Gasteiger partial charge < -0.3 is 10.2 Å². The van der Waals surface area contributed by atoms with E-state index in [1.54, 1.807) is 4.68 Å². The smallest absolute Gasteiger partial charge is 0.283 e. The summed E-state index contributed by atoms with van der Waals surface area (Å²) in [5, 5.41) is 6.15. The van der Waals surface area contributed by atoms with Crippen molar-refractivity contribution >= 4 is 23.2 Å². The van der Waals surface area contributed by atoms with Gasteiger partial charge in [-0.05, 0) is 37.5 Å². The molecule has 2 saturated heterocycles. The summed E-state index contributed by atoms with van der Waals surface area (Å²) in [4.78, 5) is 30.1. The molecule has 2 aromatic carbocycles. The summed E-state index contributed by atoms with van der Waals surface area (Å²) in [6.07, 6.45) is 1.28. The summed E-state index contributed by atoms with van der Waals surface area (Å²) in [6, 6.07) is 20.0. The van der Waals surface area contributed by atoms with Gasteiger partial charge in [-0.2, -0.15) is 0 Å². The van der Waals surface area contributed by atoms with Gasteiger partial charge in [0.2, 0.25) is 5.91 Å². The minimum Gasteiger partial charge on any atom is -0.337 e. The quantitative estimate of drug-likeness (QED) is 0.620. The third-order valence-corrected chi connectivity index (χ3v) is 7.43. The first-order valence-corrected chi connectivity index (χ1v) is 11.7. The number of H-pyrrole nitrogens is 1. The molecule has 2 aliphatic heterocycles. The van der Waals surface area contributed by atoms with Gasteiger partial charge in [0.05, 0.1) is 17.9 Å². The van der Waals surface area contributed by atoms with E-state index in [9.17, 15) is 9.59 Å². The van der Waals surface area contributed by atoms with Crippen molar-refractivity contribution in [1.82, 2.24) is 20.0 Å². The number of para-hydroxylation sites is 1. The number of aromatic nitrogens is 2. The predicted octanol–water partition coefficient (Wildman–Crippen LogP) is 3.27. The van der Waals surface area contributed by atoms with Gasteiger partial charge in [-0.15, -0.1) is 0 Å². The Labute approximate surface area is 197 Å². The summed E-state index contributed by atoms with van der Waals surface area (Å²) >= 11 is 6.48. The number of hydrogen-bond acceptors (Lipinski definition) is 4. The van der Waals surface area contributed by atoms with E-state index in [0.29, 0.717) is 25.9 Å². The lowest BCUT2D eigenvalue weighted by atomic mass is 9.84. The average molecular weight is 466 g/mol. The number of halogens is 1. The molecule has 172 valence electrons. The Morgan fingerprint density at radius 1 is 1.00 bits per heavy atom. The van der Waals surface area contributed by atoms with E-state index in [2.05, 4.69) is 44.5 Å². The monoisotopic (exact) mass is 465 g/mol. The van der Waals surface area contributed by atoms with E-state index in [0.717, 1.165) is 16.9 Å². The van der Waals surface area contributed by atoms with Crippen molar-refractivity contribution < 1.29 is 4.79 Å². The number of likely N-dealkylation sites (tertiary alicyclic amines) is 1. The van der Waals surface area contributed by atoms with Gasteiger partial charge in [0, 0.05) is 25.8 Å². The molecular formula is C25H28ClN5O2. The molecule has 1 spiro atoms. The fourth-order valence-corrected chi connectivity index (χ4v) is 5.83. The van der Waals surface area contributed by atoms with E-state index >= 15 is 0 Å². The summed E-state index contributed by atoms with van der Waals surface area (Å²) in [6.45, 7) is 3.42. The number of hydrogen-bond donors (Lipinski definition) is 2. The maximum Gasteiger partial charge on any atom is 0.283 e. The molecule has 8 heteroatoms. The molecular weight excluding hydrogens is 438 g/mol. The van der Waals surface area contributed by atoms with Crippen LogP contribution < -0.4 is 15.8 Å². The number of carbonyl (C=O) groups excluding carboxylic acids is 1. The minimum absolute atomic E-state index is 0.0729. The molecule has 2 N–H and O–H groups in total. The highest BCUT2D eigenvalue weighted by Crippen LogP contribution is 2.41. The Bertz CT molecular complexity index is 1200. The molecule has 2 fully saturated rings. The van der Waals surface area contributed by atoms with Crippen molar-refractivity contribution in [2.75, 3.05) is 18.0 Å². The lowest BCUT2D eigenvalue weighted by Crippen LogP contribution is -2.57. The second kappa shape index (κ2) is 8.39. The van der Waals surface area contributed by atoms with Crippen molar-refractivity contribution in [1.29, 1.82) is 0 Å². The first kappa shape index (κ1) is 21.8. The van der Waals surface area contributed by atoms with Crippen LogP contribution in [0.25, 0.3) is 0 Å². The number of rotatable bonds is 4. The molecule has 1 aromatic heterocycles. The van der Waals surface area contributed by atoms with Gasteiger partial charge >= 0.3 is 0 Å². The molecule has 1 amide bonds. The predicted molar refractivity (Wildman–Crippen MR) is 129 cm³/mol. The van der Waals surface area contributed by atoms with Crippen LogP contribution in [-0.2, 0) is 11.8 Å². The second-order valence-corrected chi connectivity index (χ2v) is 9.31. The molecule has 0 bridgehead atoms. The highest BCUT2D eigenvalue weighted by molar-refractivity contribution is 6.31. The van der Waals surface area contributed by atoms with Crippen molar-refractivity contribution in [3.05, 3.63) is 87.3 Å². The molecule has 3 aromatic rings. The molecule has 2 unspecified atom stereocenters. The number of amides is 1. The van der Waals surface area contributed by atoms with Crippen LogP contribution >= 0.6 is 11.6 Å². The van der Waals surface area contributed by atoms with Crippen LogP contribution in [0.3, 0.4) is 0 Å². The topological polar surface area (TPSA) is 73.4 Å². The number of nitrogens with one attached hydrogen (secondary N) is 2. The molecule has 2 aliphatic rings. The first-order chi connectivity index (χ1) is 15.9. The van der Waals surface area contributed by atoms with Crippen molar-refractivity contribution in [3.63, 3.8) is 0 Å². The lowest BCUT2D eigenvalue weighted by Gasteiger charge is -2.46. The molecule has 0 aliphatic carbocycles. The van der Waals surface area contributed by atoms with E-state index in [1.807, 2.05) is 50.4 Å². The van der Waals surface area contributed by atoms with E-state index in [1.165, 1.54) is 0 Å². The third-order valence-electron chi connectivity index (χ3n) is 7.06. The van der Waals surface area contributed by atoms with Crippen molar-refractivity contribution in [2.24, 2.45) is 7.05 Å². The van der Waals surface area contributed by atoms with E-state index < -0.39 is 5.54 Å². The van der Waals surface area contributed by atoms with Crippen LogP contribution in [-0.4, -0.2) is 45.4 Å². The zero-order valence-electron chi connectivity index (χ0n) is 18.8. The van der Waals surface area contributed by atoms with Crippen LogP contribution in [0.15, 0.2) is 65.5 Å². The number of nitrogens with zero attached hydrogens (tertiary/aromatic N) is 3. The van der Waals surface area contributed by atoms with Crippen LogP contribution in [0, 0.1) is 0 Å². The normalized spacial score (nSPS) is 21.4. The Hall–Kier alpha value is -3.03. The van der Waals surface area contributed by atoms with Crippen molar-refractivity contribution in [3.8, 4) is 0 Å². The van der Waals surface area contributed by atoms with E-state index in [-0.39, 0.29) is 28.7 Å². The van der Waals surface area contributed by atoms with E-state index in [4.69, 9.17) is 11.6 Å². The molecule has 33 heavy (non-hydrogen) atoms. The average Bonchev–Trinajstić information content (AvgIpc) is 3.22. The highest BCUT2D eigenvalue weighted by atomic mass is 35.5. The summed E-state index contributed by atoms with van der Waals surface area (Å²) in [5.74, 6) is 0.0850. The Morgan fingerprint density at radius 3 is 2.18 bits per heavy atom. The Kier molecular flexibility index (Phi) is 5.54. The van der Waals surface area contributed by atoms with Gasteiger partial charge in [0.1, 0.15) is 10.6 Å². The highest BCUT2D eigenvalue weighted by Gasteiger charge is 2.53. The van der Waals surface area contributed by atoms with Crippen LogP contribution in [0.1, 0.15) is 37.1 Å². The van der Waals surface area contributed by atoms with Crippen LogP contribution in [0.2, 0.25) is 5.02 Å². The Balaban J connectivity index is 1.49. The number of aryl methyl sites for hydroxylation is 1. The maximum atomic E-state index is 13.2. The Morgan fingerprint density at radius 2 is 1.61 bits per heavy atom. The summed E-state index contributed by atoms with van der Waals surface area (Å²) in [5.41, 5.74) is 1.98. The van der Waals surface area contributed by atoms with Gasteiger partial charge in [-0.1, -0.05) is 60.1 Å². The number of carbonyl (C=O) groups is 1. The standard InChI is InChI=1S/C25H28ClN5O2/c1-17-27-24(33)25(31(17)19-11-7-4-8-12-19)13-15-30(16-14-25)21(18-9-5-3-6-10-18)22-20(26)23(32)28-29(22)2/h3-12,17,21H,13-16H2,1-2H3,(H,27,33)(H,28,32). The third kappa shape index (κ3) is 3.56. The molecule has 0 saturated carbocycles. The zero-order valence-corrected chi connectivity index (χ0v) is 19.5. The van der Waals surface area contributed by atoms with Gasteiger partial charge in [-0.3, -0.25) is 24.3 Å². The van der Waals surface area contributed by atoms with Gasteiger partial charge in [0.25, 0.3) is 5.56 Å². The molecule has 2 atom stereocenters.